The van der Waals surface area contributed by atoms with E-state index in [1.807, 2.05) is 29.2 Å². The van der Waals surface area contributed by atoms with Crippen molar-refractivity contribution in [3.8, 4) is 5.75 Å². The number of carbonyl (C=O) groups is 2. The van der Waals surface area contributed by atoms with E-state index in [4.69, 9.17) is 5.73 Å². The van der Waals surface area contributed by atoms with Crippen molar-refractivity contribution < 1.29 is 14.7 Å². The lowest BCUT2D eigenvalue weighted by Gasteiger charge is -2.34. The number of phenols is 1. The topological polar surface area (TPSA) is 133 Å². The van der Waals surface area contributed by atoms with Crippen LogP contribution in [0.3, 0.4) is 0 Å². The second-order valence-corrected chi connectivity index (χ2v) is 8.97. The Morgan fingerprint density at radius 1 is 1.12 bits per heavy atom. The first-order valence-corrected chi connectivity index (χ1v) is 11.5. The summed E-state index contributed by atoms with van der Waals surface area (Å²) in [6.07, 6.45) is 3.23. The lowest BCUT2D eigenvalue weighted by atomic mass is 10.0. The Balaban J connectivity index is 1.50. The molecule has 33 heavy (non-hydrogen) atoms. The van der Waals surface area contributed by atoms with Crippen LogP contribution in [-0.2, 0) is 0 Å². The number of carbonyl (C=O) groups excluding carboxylic acids is 2. The number of nitrogens with one attached hydrogen (secondary N) is 2. The quantitative estimate of drug-likeness (QED) is 0.342. The second kappa shape index (κ2) is 10.0. The van der Waals surface area contributed by atoms with Crippen molar-refractivity contribution >= 4 is 51.7 Å². The minimum atomic E-state index is -0.667. The second-order valence-electron chi connectivity index (χ2n) is 7.73. The predicted octanol–water partition coefficient (Wildman–Crippen LogP) is 3.03. The van der Waals surface area contributed by atoms with E-state index < -0.39 is 5.91 Å². The van der Waals surface area contributed by atoms with E-state index in [0.29, 0.717) is 17.9 Å². The number of hydrogen-bond acceptors (Lipinski definition) is 7. The van der Waals surface area contributed by atoms with E-state index in [0.717, 1.165) is 28.6 Å². The molecule has 0 bridgehead atoms. The first kappa shape index (κ1) is 22.8. The number of anilines is 3. The predicted molar refractivity (Wildman–Crippen MR) is 134 cm³/mol. The van der Waals surface area contributed by atoms with Crippen LogP contribution in [0.15, 0.2) is 54.7 Å². The number of phenolic OH excluding ortho intramolecular Hbond substituents is 1. The summed E-state index contributed by atoms with van der Waals surface area (Å²) in [5.41, 5.74) is 6.82. The van der Waals surface area contributed by atoms with Gasteiger partial charge in [0.15, 0.2) is 11.5 Å². The highest BCUT2D eigenvalue weighted by molar-refractivity contribution is 14.1. The molecule has 1 aliphatic heterocycles. The molecule has 2 amide bonds. The number of aromatic nitrogens is 2. The highest BCUT2D eigenvalue weighted by Gasteiger charge is 2.24. The number of amides is 2. The number of nitrogens with zero attached hydrogens (tertiary/aromatic N) is 3. The van der Waals surface area contributed by atoms with Gasteiger partial charge in [-0.2, -0.15) is 0 Å². The molecule has 4 rings (SSSR count). The molecule has 2 heterocycles. The van der Waals surface area contributed by atoms with Crippen molar-refractivity contribution in [1.29, 1.82) is 0 Å². The third kappa shape index (κ3) is 5.69. The van der Waals surface area contributed by atoms with E-state index in [2.05, 4.69) is 43.2 Å². The number of rotatable bonds is 6. The van der Waals surface area contributed by atoms with Crippen LogP contribution in [-0.4, -0.2) is 46.0 Å². The van der Waals surface area contributed by atoms with Gasteiger partial charge in [-0.05, 0) is 84.0 Å². The Kier molecular flexibility index (Phi) is 6.92. The third-order valence-electron chi connectivity index (χ3n) is 5.31. The summed E-state index contributed by atoms with van der Waals surface area (Å²) in [5.74, 6) is 0.133. The van der Waals surface area contributed by atoms with Crippen LogP contribution >= 0.6 is 22.6 Å². The molecule has 0 radical (unpaired) electrons. The summed E-state index contributed by atoms with van der Waals surface area (Å²) >= 11 is 2.22. The Morgan fingerprint density at radius 3 is 2.55 bits per heavy atom. The van der Waals surface area contributed by atoms with Crippen LogP contribution in [0.4, 0.5) is 17.3 Å². The van der Waals surface area contributed by atoms with Crippen LogP contribution in [0.25, 0.3) is 0 Å². The van der Waals surface area contributed by atoms with Crippen LogP contribution in [0.2, 0.25) is 0 Å². The zero-order chi connectivity index (χ0) is 23.4. The van der Waals surface area contributed by atoms with Crippen molar-refractivity contribution in [1.82, 2.24) is 15.3 Å². The fourth-order valence-electron chi connectivity index (χ4n) is 3.65. The summed E-state index contributed by atoms with van der Waals surface area (Å²) in [6.45, 7) is 1.30. The maximum Gasteiger partial charge on any atom is 0.271 e. The Labute approximate surface area is 204 Å². The lowest BCUT2D eigenvalue weighted by molar-refractivity contribution is 0.0932. The fourth-order valence-corrected chi connectivity index (χ4v) is 4.01. The molecule has 0 aliphatic carbocycles. The molecule has 1 aliphatic rings. The summed E-state index contributed by atoms with van der Waals surface area (Å²) in [7, 11) is 0. The van der Waals surface area contributed by atoms with Crippen molar-refractivity contribution in [2.24, 2.45) is 5.73 Å². The molecular weight excluding hydrogens is 535 g/mol. The summed E-state index contributed by atoms with van der Waals surface area (Å²) in [4.78, 5) is 35.4. The van der Waals surface area contributed by atoms with Gasteiger partial charge in [0.2, 0.25) is 0 Å². The smallest absolute Gasteiger partial charge is 0.271 e. The largest absolute Gasteiger partial charge is 0.508 e. The molecule has 1 atom stereocenters. The average molecular weight is 558 g/mol. The van der Waals surface area contributed by atoms with Gasteiger partial charge >= 0.3 is 0 Å². The van der Waals surface area contributed by atoms with Gasteiger partial charge in [-0.25, -0.2) is 9.97 Å². The van der Waals surface area contributed by atoms with E-state index in [-0.39, 0.29) is 29.2 Å². The standard InChI is InChI=1S/C23H23IN6O3/c24-15-5-7-16(8-6-15)27-22-20(21(25)32)26-12-19(29-22)30-11-1-2-17(13-30)28-23(33)14-3-9-18(31)10-4-14/h3-10,12,17,31H,1-2,11,13H2,(H2,25,32)(H,27,29)(H,28,33)/t17-/m1/s1. The number of hydrogen-bond donors (Lipinski definition) is 4. The minimum Gasteiger partial charge on any atom is -0.508 e. The molecule has 0 saturated carbocycles. The van der Waals surface area contributed by atoms with E-state index in [1.165, 1.54) is 18.3 Å². The Bertz CT molecular complexity index is 1150. The number of primary amides is 1. The lowest BCUT2D eigenvalue weighted by Crippen LogP contribution is -2.48. The van der Waals surface area contributed by atoms with Crippen LogP contribution in [0, 0.1) is 3.57 Å². The zero-order valence-electron chi connectivity index (χ0n) is 17.7. The van der Waals surface area contributed by atoms with Gasteiger partial charge in [-0.3, -0.25) is 9.59 Å². The maximum absolute atomic E-state index is 12.6. The number of benzene rings is 2. The van der Waals surface area contributed by atoms with Gasteiger partial charge < -0.3 is 26.4 Å². The molecule has 3 aromatic rings. The number of halogens is 1. The molecule has 0 unspecified atom stereocenters. The summed E-state index contributed by atoms with van der Waals surface area (Å²) in [5, 5.41) is 15.6. The monoisotopic (exact) mass is 558 g/mol. The molecule has 2 aromatic carbocycles. The van der Waals surface area contributed by atoms with E-state index in [1.54, 1.807) is 12.1 Å². The first-order chi connectivity index (χ1) is 15.9. The minimum absolute atomic E-state index is 0.0616. The first-order valence-electron chi connectivity index (χ1n) is 10.4. The highest BCUT2D eigenvalue weighted by atomic mass is 127. The third-order valence-corrected chi connectivity index (χ3v) is 6.03. The Hall–Kier alpha value is -3.41. The van der Waals surface area contributed by atoms with Crippen molar-refractivity contribution in [3.05, 3.63) is 69.6 Å². The molecule has 1 saturated heterocycles. The van der Waals surface area contributed by atoms with E-state index in [9.17, 15) is 14.7 Å². The molecule has 9 nitrogen and oxygen atoms in total. The van der Waals surface area contributed by atoms with Gasteiger partial charge in [-0.1, -0.05) is 0 Å². The van der Waals surface area contributed by atoms with E-state index >= 15 is 0 Å². The Morgan fingerprint density at radius 2 is 1.85 bits per heavy atom. The summed E-state index contributed by atoms with van der Waals surface area (Å²) in [6, 6.07) is 13.7. The van der Waals surface area contributed by atoms with Gasteiger partial charge in [0.05, 0.1) is 6.20 Å². The molecule has 5 N–H and O–H groups in total. The number of aromatic hydroxyl groups is 1. The maximum atomic E-state index is 12.6. The molecule has 0 spiro atoms. The van der Waals surface area contributed by atoms with Crippen LogP contribution < -0.4 is 21.3 Å². The zero-order valence-corrected chi connectivity index (χ0v) is 19.8. The molecular formula is C23H23IN6O3. The van der Waals surface area contributed by atoms with Crippen molar-refractivity contribution in [3.63, 3.8) is 0 Å². The van der Waals surface area contributed by atoms with Gasteiger partial charge in [0.1, 0.15) is 11.6 Å². The normalized spacial score (nSPS) is 15.7. The molecule has 1 fully saturated rings. The molecule has 170 valence electrons. The highest BCUT2D eigenvalue weighted by Crippen LogP contribution is 2.24. The van der Waals surface area contributed by atoms with Crippen LogP contribution in [0.1, 0.15) is 33.7 Å². The molecule has 1 aromatic heterocycles. The average Bonchev–Trinajstić information content (AvgIpc) is 2.81. The van der Waals surface area contributed by atoms with Gasteiger partial charge in [0, 0.05) is 34.0 Å². The van der Waals surface area contributed by atoms with Crippen molar-refractivity contribution in [2.45, 2.75) is 18.9 Å². The fraction of sp³-hybridized carbons (Fsp3) is 0.217. The van der Waals surface area contributed by atoms with Gasteiger partial charge in [-0.15, -0.1) is 0 Å². The summed E-state index contributed by atoms with van der Waals surface area (Å²) < 4.78 is 1.09. The van der Waals surface area contributed by atoms with Crippen molar-refractivity contribution in [2.75, 3.05) is 23.3 Å². The van der Waals surface area contributed by atoms with Gasteiger partial charge in [0.25, 0.3) is 11.8 Å². The number of nitrogens with two attached hydrogens (primary N) is 1. The SMILES string of the molecule is NC(=O)c1ncc(N2CCC[C@@H](NC(=O)c3ccc(O)cc3)C2)nc1Nc1ccc(I)cc1. The molecule has 10 heteroatoms. The van der Waals surface area contributed by atoms with Crippen LogP contribution in [0.5, 0.6) is 5.75 Å². The number of piperidine rings is 1.